The van der Waals surface area contributed by atoms with Crippen LogP contribution in [0, 0.1) is 0 Å². The molecule has 0 saturated heterocycles. The van der Waals surface area contributed by atoms with E-state index in [0.29, 0.717) is 0 Å². The first-order valence-electron chi connectivity index (χ1n) is 27.2. The molecule has 4 aliphatic heterocycles. The Hall–Kier alpha value is -10.0. The molecule has 0 unspecified atom stereocenters. The summed E-state index contributed by atoms with van der Waals surface area (Å²) in [5, 5.41) is 7.25. The summed E-state index contributed by atoms with van der Waals surface area (Å²) in [4.78, 5) is 2.59. The van der Waals surface area contributed by atoms with Gasteiger partial charge in [-0.1, -0.05) is 200 Å². The van der Waals surface area contributed by atoms with Gasteiger partial charge in [-0.3, -0.25) is 0 Å². The van der Waals surface area contributed by atoms with Crippen molar-refractivity contribution in [3.63, 3.8) is 0 Å². The Balaban J connectivity index is 1.01. The summed E-state index contributed by atoms with van der Waals surface area (Å²) >= 11 is 0. The van der Waals surface area contributed by atoms with Crippen LogP contribution in [0.2, 0.25) is 0 Å². The molecule has 0 spiro atoms. The second-order valence-corrected chi connectivity index (χ2v) is 21.8. The van der Waals surface area contributed by atoms with Crippen molar-refractivity contribution in [2.75, 3.05) is 4.90 Å². The number of hydrogen-bond acceptors (Lipinski definition) is 2. The van der Waals surface area contributed by atoms with Gasteiger partial charge in [-0.2, -0.15) is 0 Å². The maximum absolute atomic E-state index is 7.14. The normalized spacial score (nSPS) is 13.3. The molecule has 19 rings (SSSR count). The van der Waals surface area contributed by atoms with E-state index in [4.69, 9.17) is 4.42 Å². The summed E-state index contributed by atoms with van der Waals surface area (Å²) < 4.78 is 12.5. The fourth-order valence-electron chi connectivity index (χ4n) is 14.9. The van der Waals surface area contributed by atoms with Gasteiger partial charge in [-0.25, -0.2) is 0 Å². The van der Waals surface area contributed by atoms with E-state index in [1.54, 1.807) is 0 Å². The van der Waals surface area contributed by atoms with E-state index < -0.39 is 0 Å². The quantitative estimate of drug-likeness (QED) is 0.161. The van der Waals surface area contributed by atoms with Crippen molar-refractivity contribution in [2.24, 2.45) is 0 Å². The van der Waals surface area contributed by atoms with Crippen LogP contribution in [0.25, 0.3) is 121 Å². The molecule has 0 bridgehead atoms. The highest BCUT2D eigenvalue weighted by Crippen LogP contribution is 2.49. The van der Waals surface area contributed by atoms with Gasteiger partial charge >= 0.3 is 0 Å². The maximum Gasteiger partial charge on any atom is 0.252 e. The molecule has 12 aromatic carbocycles. The summed E-state index contributed by atoms with van der Waals surface area (Å²) in [6.45, 7) is -0.174. The molecule has 6 heteroatoms. The van der Waals surface area contributed by atoms with E-state index >= 15 is 0 Å². The first-order valence-corrected chi connectivity index (χ1v) is 27.2. The van der Waals surface area contributed by atoms with Crippen LogP contribution in [0.1, 0.15) is 0 Å². The first-order chi connectivity index (χ1) is 38.7. The summed E-state index contributed by atoms with van der Waals surface area (Å²) in [6, 6.07) is 93.1. The highest BCUT2D eigenvalue weighted by Gasteiger charge is 2.50. The van der Waals surface area contributed by atoms with Crippen LogP contribution < -0.4 is 37.7 Å². The molecular weight excluding hydrogens is 944 g/mol. The molecule has 0 amide bonds. The van der Waals surface area contributed by atoms with Crippen LogP contribution in [0.5, 0.6) is 0 Å². The second kappa shape index (κ2) is 14.9. The van der Waals surface area contributed by atoms with Gasteiger partial charge in [0.2, 0.25) is 0 Å². The fourth-order valence-corrected chi connectivity index (χ4v) is 14.9. The van der Waals surface area contributed by atoms with Crippen LogP contribution in [-0.2, 0) is 0 Å². The SMILES string of the molecule is c1ccc(-c2ccc(N3c4ccc(-c5ccccc5)cc4B4c5c3cc3c6c5-n5c7c4cccc7c4c7oc8ccccc8c7cc(c45)B6c4cc(-c5ccccc5)cc5c6cc(-c7ccccc7)ccc6n-3c45)cc2)cc1. The topological polar surface area (TPSA) is 26.2 Å². The Morgan fingerprint density at radius 3 is 1.60 bits per heavy atom. The molecular formula is C72H41B2N3O. The number of nitrogens with zero attached hydrogens (tertiary/aromatic N) is 3. The van der Waals surface area contributed by atoms with Crippen molar-refractivity contribution >= 4 is 129 Å². The molecule has 0 fully saturated rings. The maximum atomic E-state index is 7.14. The van der Waals surface area contributed by atoms with Gasteiger partial charge in [0.15, 0.2) is 0 Å². The lowest BCUT2D eigenvalue weighted by molar-refractivity contribution is 0.673. The summed E-state index contributed by atoms with van der Waals surface area (Å²) in [5.41, 5.74) is 30.6. The standard InChI is InChI=1S/C72H41B2N3O/c1-5-16-42(17-6-1)46-28-32-50(33-29-46)75-61-35-31-48(44-20-9-3-10-21-44)38-57(61)73-56-26-15-25-52-65-70-59(40-55-51-24-13-14-27-64(51)78-72(55)65)74-58-39-49(45-22-11-4-12-23-45)37-54-53-36-47(43-18-7-2-8-19-43)30-34-60(53)76(69(54)58)63-41-62(75)66(73)71(67(63)74)77(70)68(52)56/h1-41H. The van der Waals surface area contributed by atoms with Crippen LogP contribution in [0.4, 0.5) is 17.1 Å². The summed E-state index contributed by atoms with van der Waals surface area (Å²) in [5.74, 6) is 0. The fraction of sp³-hybridized carbons (Fsp3) is 0. The van der Waals surface area contributed by atoms with Crippen molar-refractivity contribution in [2.45, 2.75) is 0 Å². The summed E-state index contributed by atoms with van der Waals surface area (Å²) in [6.07, 6.45) is 0. The first kappa shape index (κ1) is 41.2. The average molecular weight is 986 g/mol. The van der Waals surface area contributed by atoms with E-state index in [2.05, 4.69) is 263 Å². The van der Waals surface area contributed by atoms with Gasteiger partial charge < -0.3 is 18.5 Å². The molecule has 15 aromatic rings. The number of rotatable bonds is 5. The predicted octanol–water partition coefficient (Wildman–Crippen LogP) is 14.2. The minimum Gasteiger partial charge on any atom is -0.455 e. The molecule has 356 valence electrons. The number of fused-ring (bicyclic) bond motifs is 14. The second-order valence-electron chi connectivity index (χ2n) is 21.8. The van der Waals surface area contributed by atoms with E-state index in [9.17, 15) is 0 Å². The van der Waals surface area contributed by atoms with E-state index in [1.807, 2.05) is 0 Å². The van der Waals surface area contributed by atoms with Crippen LogP contribution in [0.15, 0.2) is 253 Å². The van der Waals surface area contributed by atoms with Crippen molar-refractivity contribution in [1.82, 2.24) is 9.13 Å². The molecule has 3 aromatic heterocycles. The van der Waals surface area contributed by atoms with Gasteiger partial charge in [0, 0.05) is 66.4 Å². The smallest absolute Gasteiger partial charge is 0.252 e. The van der Waals surface area contributed by atoms with Crippen LogP contribution in [-0.4, -0.2) is 22.6 Å². The number of furan rings is 1. The molecule has 7 heterocycles. The predicted molar refractivity (Wildman–Crippen MR) is 328 cm³/mol. The van der Waals surface area contributed by atoms with E-state index in [0.717, 1.165) is 27.6 Å². The van der Waals surface area contributed by atoms with Gasteiger partial charge in [0.25, 0.3) is 13.4 Å². The third kappa shape index (κ3) is 5.22. The minimum atomic E-state index is -0.105. The number of aromatic nitrogens is 2. The zero-order valence-electron chi connectivity index (χ0n) is 42.1. The molecule has 0 N–H and O–H groups in total. The molecule has 0 saturated carbocycles. The number of para-hydroxylation sites is 2. The van der Waals surface area contributed by atoms with Gasteiger partial charge in [-0.15, -0.1) is 0 Å². The zero-order valence-corrected chi connectivity index (χ0v) is 42.1. The van der Waals surface area contributed by atoms with Gasteiger partial charge in [-0.05, 0) is 126 Å². The highest BCUT2D eigenvalue weighted by molar-refractivity contribution is 7.04. The van der Waals surface area contributed by atoms with Gasteiger partial charge in [0.05, 0.1) is 16.4 Å². The molecule has 0 radical (unpaired) electrons. The number of benzene rings is 12. The third-order valence-corrected chi connectivity index (χ3v) is 18.0. The Labute approximate surface area is 449 Å². The van der Waals surface area contributed by atoms with Crippen molar-refractivity contribution in [3.05, 3.63) is 249 Å². The van der Waals surface area contributed by atoms with Crippen LogP contribution >= 0.6 is 0 Å². The third-order valence-electron chi connectivity index (χ3n) is 18.0. The molecule has 4 aliphatic rings. The van der Waals surface area contributed by atoms with Crippen molar-refractivity contribution < 1.29 is 4.42 Å². The summed E-state index contributed by atoms with van der Waals surface area (Å²) in [7, 11) is 0. The van der Waals surface area contributed by atoms with Gasteiger partial charge in [0.1, 0.15) is 11.2 Å². The lowest BCUT2D eigenvalue weighted by Gasteiger charge is -2.44. The lowest BCUT2D eigenvalue weighted by Crippen LogP contribution is -2.67. The Kier molecular flexibility index (Phi) is 7.87. The largest absolute Gasteiger partial charge is 0.455 e. The van der Waals surface area contributed by atoms with E-state index in [1.165, 1.54) is 144 Å². The zero-order chi connectivity index (χ0) is 50.5. The number of anilines is 3. The lowest BCUT2D eigenvalue weighted by atomic mass is 9.29. The number of hydrogen-bond donors (Lipinski definition) is 0. The monoisotopic (exact) mass is 985 g/mol. The van der Waals surface area contributed by atoms with Crippen molar-refractivity contribution in [3.8, 4) is 55.9 Å². The van der Waals surface area contributed by atoms with Crippen molar-refractivity contribution in [1.29, 1.82) is 0 Å². The Morgan fingerprint density at radius 2 is 0.859 bits per heavy atom. The van der Waals surface area contributed by atoms with E-state index in [-0.39, 0.29) is 13.4 Å². The molecule has 0 atom stereocenters. The molecule has 78 heavy (non-hydrogen) atoms. The minimum absolute atomic E-state index is 0.0698. The van der Waals surface area contributed by atoms with Crippen LogP contribution in [0.3, 0.4) is 0 Å². The Bertz CT molecular complexity index is 5140. The molecule has 4 nitrogen and oxygen atoms in total. The Morgan fingerprint density at radius 1 is 0.308 bits per heavy atom. The molecule has 0 aliphatic carbocycles. The highest BCUT2D eigenvalue weighted by atomic mass is 16.3. The average Bonchev–Trinajstić information content (AvgIpc) is 3.00.